The molecule has 1 aromatic rings. The summed E-state index contributed by atoms with van der Waals surface area (Å²) < 4.78 is 1.40. The van der Waals surface area contributed by atoms with Crippen molar-refractivity contribution in [2.24, 2.45) is 0 Å². The van der Waals surface area contributed by atoms with Crippen LogP contribution in [0.1, 0.15) is 18.2 Å². The molecule has 5 nitrogen and oxygen atoms in total. The van der Waals surface area contributed by atoms with Crippen LogP contribution in [-0.4, -0.2) is 17.0 Å². The molecule has 1 amide bonds. The van der Waals surface area contributed by atoms with Crippen molar-refractivity contribution >= 4 is 11.6 Å². The van der Waals surface area contributed by atoms with E-state index in [1.807, 2.05) is 13.8 Å². The Balaban J connectivity index is 3.13. The Morgan fingerprint density at radius 3 is 2.69 bits per heavy atom. The van der Waals surface area contributed by atoms with Gasteiger partial charge in [-0.1, -0.05) is 0 Å². The normalized spacial score (nSPS) is 10.2. The summed E-state index contributed by atoms with van der Waals surface area (Å²) in [6.07, 6.45) is 0. The van der Waals surface area contributed by atoms with Crippen molar-refractivity contribution < 1.29 is 4.79 Å². The molecule has 1 heterocycles. The van der Waals surface area contributed by atoms with E-state index in [1.165, 1.54) is 4.57 Å². The average Bonchev–Trinajstić information content (AvgIpc) is 2.22. The lowest BCUT2D eigenvalue weighted by atomic mass is 10.2. The van der Waals surface area contributed by atoms with Crippen LogP contribution in [0.3, 0.4) is 0 Å². The quantitative estimate of drug-likeness (QED) is 0.767. The maximum atomic E-state index is 11.7. The fraction of sp³-hybridized carbons (Fsp3) is 0.455. The van der Waals surface area contributed by atoms with Gasteiger partial charge in [-0.3, -0.25) is 9.59 Å². The molecule has 0 unspecified atom stereocenters. The lowest BCUT2D eigenvalue weighted by molar-refractivity contribution is -0.121. The lowest BCUT2D eigenvalue weighted by Crippen LogP contribution is -2.34. The number of nitrogens with zero attached hydrogens (tertiary/aromatic N) is 1. The molecule has 0 spiro atoms. The Bertz CT molecular complexity index is 463. The van der Waals surface area contributed by atoms with Gasteiger partial charge in [0.2, 0.25) is 5.91 Å². The number of hydrogen-bond donors (Lipinski definition) is 2. The van der Waals surface area contributed by atoms with Crippen molar-refractivity contribution in [2.45, 2.75) is 27.3 Å². The molecule has 0 aliphatic heterocycles. The number of aryl methyl sites for hydroxylation is 1. The van der Waals surface area contributed by atoms with E-state index < -0.39 is 0 Å². The van der Waals surface area contributed by atoms with E-state index >= 15 is 0 Å². The fourth-order valence-corrected chi connectivity index (χ4v) is 1.51. The van der Waals surface area contributed by atoms with Crippen molar-refractivity contribution in [1.82, 2.24) is 9.88 Å². The summed E-state index contributed by atoms with van der Waals surface area (Å²) in [5.74, 6) is -0.183. The Morgan fingerprint density at radius 1 is 1.50 bits per heavy atom. The Kier molecular flexibility index (Phi) is 3.71. The van der Waals surface area contributed by atoms with Crippen LogP contribution in [0.25, 0.3) is 0 Å². The number of carbonyl (C=O) groups excluding carboxylic acids is 1. The molecule has 1 aromatic heterocycles. The van der Waals surface area contributed by atoms with Crippen molar-refractivity contribution in [3.05, 3.63) is 27.7 Å². The minimum atomic E-state index is -0.311. The summed E-state index contributed by atoms with van der Waals surface area (Å²) in [5, 5.41) is 2.65. The molecule has 3 N–H and O–H groups in total. The van der Waals surface area contributed by atoms with Gasteiger partial charge in [-0.15, -0.1) is 0 Å². The summed E-state index contributed by atoms with van der Waals surface area (Å²) in [6, 6.07) is 1.63. The third-order valence-electron chi connectivity index (χ3n) is 2.52. The van der Waals surface area contributed by atoms with E-state index in [0.717, 1.165) is 11.3 Å². The number of aromatic nitrogens is 1. The van der Waals surface area contributed by atoms with Crippen molar-refractivity contribution in [3.63, 3.8) is 0 Å². The van der Waals surface area contributed by atoms with E-state index in [9.17, 15) is 9.59 Å². The van der Waals surface area contributed by atoms with Crippen LogP contribution >= 0.6 is 0 Å². The third kappa shape index (κ3) is 2.42. The van der Waals surface area contributed by atoms with Crippen LogP contribution in [0.4, 0.5) is 5.69 Å². The van der Waals surface area contributed by atoms with Gasteiger partial charge in [0.05, 0.1) is 5.69 Å². The molecule has 0 saturated heterocycles. The van der Waals surface area contributed by atoms with Crippen molar-refractivity contribution in [1.29, 1.82) is 0 Å². The molecule has 0 aromatic carbocycles. The molecule has 0 radical (unpaired) electrons. The van der Waals surface area contributed by atoms with Gasteiger partial charge in [0.25, 0.3) is 5.56 Å². The second kappa shape index (κ2) is 4.83. The number of nitrogens with one attached hydrogen (secondary N) is 1. The standard InChI is InChI=1S/C11H17N3O2/c1-4-13-10(15)6-14-8(3)7(2)5-9(12)11(14)16/h5H,4,6,12H2,1-3H3,(H,13,15). The summed E-state index contributed by atoms with van der Waals surface area (Å²) in [7, 11) is 0. The summed E-state index contributed by atoms with van der Waals surface area (Å²) in [5.41, 5.74) is 7.11. The molecule has 16 heavy (non-hydrogen) atoms. The molecule has 0 bridgehead atoms. The van der Waals surface area contributed by atoms with Gasteiger partial charge in [0.15, 0.2) is 0 Å². The number of amides is 1. The molecule has 0 aliphatic carbocycles. The average molecular weight is 223 g/mol. The molecule has 88 valence electrons. The molecule has 0 atom stereocenters. The molecule has 0 fully saturated rings. The second-order valence-electron chi connectivity index (χ2n) is 3.71. The topological polar surface area (TPSA) is 77.1 Å². The van der Waals surface area contributed by atoms with E-state index in [2.05, 4.69) is 5.32 Å². The number of anilines is 1. The number of rotatable bonds is 3. The number of likely N-dealkylation sites (N-methyl/N-ethyl adjacent to an activating group) is 1. The van der Waals surface area contributed by atoms with Crippen LogP contribution in [0.15, 0.2) is 10.9 Å². The van der Waals surface area contributed by atoms with Crippen molar-refractivity contribution in [2.75, 3.05) is 12.3 Å². The number of nitrogen functional groups attached to an aromatic ring is 1. The summed E-state index contributed by atoms with van der Waals surface area (Å²) >= 11 is 0. The minimum Gasteiger partial charge on any atom is -0.394 e. The minimum absolute atomic E-state index is 0.0182. The van der Waals surface area contributed by atoms with Crippen LogP contribution < -0.4 is 16.6 Å². The number of hydrogen-bond acceptors (Lipinski definition) is 3. The largest absolute Gasteiger partial charge is 0.394 e. The van der Waals surface area contributed by atoms with Crippen LogP contribution in [-0.2, 0) is 11.3 Å². The van der Waals surface area contributed by atoms with Gasteiger partial charge in [0.1, 0.15) is 6.54 Å². The highest BCUT2D eigenvalue weighted by molar-refractivity contribution is 5.75. The number of pyridine rings is 1. The first-order valence-corrected chi connectivity index (χ1v) is 5.20. The Morgan fingerprint density at radius 2 is 2.12 bits per heavy atom. The zero-order chi connectivity index (χ0) is 12.3. The molecule has 0 saturated carbocycles. The third-order valence-corrected chi connectivity index (χ3v) is 2.52. The van der Waals surface area contributed by atoms with E-state index in [0.29, 0.717) is 6.54 Å². The Hall–Kier alpha value is -1.78. The highest BCUT2D eigenvalue weighted by Crippen LogP contribution is 2.07. The summed E-state index contributed by atoms with van der Waals surface area (Å²) in [4.78, 5) is 23.2. The fourth-order valence-electron chi connectivity index (χ4n) is 1.51. The second-order valence-corrected chi connectivity index (χ2v) is 3.71. The van der Waals surface area contributed by atoms with Crippen molar-refractivity contribution in [3.8, 4) is 0 Å². The monoisotopic (exact) mass is 223 g/mol. The van der Waals surface area contributed by atoms with Crippen LogP contribution in [0, 0.1) is 13.8 Å². The zero-order valence-corrected chi connectivity index (χ0v) is 9.83. The maximum Gasteiger partial charge on any atom is 0.274 e. The van der Waals surface area contributed by atoms with E-state index in [-0.39, 0.29) is 23.7 Å². The van der Waals surface area contributed by atoms with E-state index in [4.69, 9.17) is 5.73 Å². The molecule has 0 aliphatic rings. The van der Waals surface area contributed by atoms with Gasteiger partial charge < -0.3 is 15.6 Å². The lowest BCUT2D eigenvalue weighted by Gasteiger charge is -2.12. The first kappa shape index (κ1) is 12.3. The van der Waals surface area contributed by atoms with Gasteiger partial charge in [-0.05, 0) is 32.4 Å². The smallest absolute Gasteiger partial charge is 0.274 e. The number of carbonyl (C=O) groups is 1. The molecule has 1 rings (SSSR count). The Labute approximate surface area is 94.3 Å². The van der Waals surface area contributed by atoms with Crippen LogP contribution in [0.5, 0.6) is 0 Å². The van der Waals surface area contributed by atoms with E-state index in [1.54, 1.807) is 13.0 Å². The van der Waals surface area contributed by atoms with Gasteiger partial charge in [-0.25, -0.2) is 0 Å². The SMILES string of the molecule is CCNC(=O)Cn1c(C)c(C)cc(N)c1=O. The maximum absolute atomic E-state index is 11.7. The predicted molar refractivity (Wildman–Crippen MR) is 63.3 cm³/mol. The molecular weight excluding hydrogens is 206 g/mol. The molecule has 5 heteroatoms. The highest BCUT2D eigenvalue weighted by Gasteiger charge is 2.10. The van der Waals surface area contributed by atoms with Crippen LogP contribution in [0.2, 0.25) is 0 Å². The highest BCUT2D eigenvalue weighted by atomic mass is 16.2. The predicted octanol–water partition coefficient (Wildman–Crippen LogP) is 0.183. The molecular formula is C11H17N3O2. The first-order valence-electron chi connectivity index (χ1n) is 5.20. The number of nitrogens with two attached hydrogens (primary N) is 1. The van der Waals surface area contributed by atoms with Gasteiger partial charge in [-0.2, -0.15) is 0 Å². The van der Waals surface area contributed by atoms with Gasteiger partial charge >= 0.3 is 0 Å². The summed E-state index contributed by atoms with van der Waals surface area (Å²) in [6.45, 7) is 6.06. The van der Waals surface area contributed by atoms with Gasteiger partial charge in [0, 0.05) is 12.2 Å². The zero-order valence-electron chi connectivity index (χ0n) is 9.83. The first-order chi connectivity index (χ1) is 7.47.